The van der Waals surface area contributed by atoms with E-state index in [0.29, 0.717) is 11.1 Å². The van der Waals surface area contributed by atoms with Crippen LogP contribution in [0.4, 0.5) is 0 Å². The summed E-state index contributed by atoms with van der Waals surface area (Å²) in [6, 6.07) is 12.2. The van der Waals surface area contributed by atoms with Gasteiger partial charge in [-0.2, -0.15) is 10.4 Å². The molecule has 1 aromatic heterocycles. The Morgan fingerprint density at radius 2 is 2.11 bits per heavy atom. The topological polar surface area (TPSA) is 78.1 Å². The fraction of sp³-hybridized carbons (Fsp3) is 0. The molecule has 0 saturated carbocycles. The Balaban J connectivity index is 1.96. The lowest BCUT2D eigenvalue weighted by atomic mass is 10.2. The van der Waals surface area contributed by atoms with Crippen LogP contribution in [0.15, 0.2) is 53.9 Å². The standard InChI is InChI=1S/C14H10N4O/c15-8-11-3-5-12(6-4-11)9-17-18-14(19)13-2-1-7-16-10-13/h1-7,9-10H,(H,18,19). The van der Waals surface area contributed by atoms with Gasteiger partial charge in [0, 0.05) is 12.4 Å². The fourth-order valence-corrected chi connectivity index (χ4v) is 1.37. The van der Waals surface area contributed by atoms with E-state index in [2.05, 4.69) is 15.5 Å². The Hall–Kier alpha value is -3.00. The molecule has 5 heteroatoms. The van der Waals surface area contributed by atoms with Crippen molar-refractivity contribution in [3.05, 3.63) is 65.5 Å². The quantitative estimate of drug-likeness (QED) is 0.665. The zero-order valence-corrected chi connectivity index (χ0v) is 9.95. The second-order valence-corrected chi connectivity index (χ2v) is 3.67. The van der Waals surface area contributed by atoms with E-state index >= 15 is 0 Å². The van der Waals surface area contributed by atoms with Crippen LogP contribution in [0.5, 0.6) is 0 Å². The van der Waals surface area contributed by atoms with Crippen molar-refractivity contribution in [1.82, 2.24) is 10.4 Å². The first-order valence-electron chi connectivity index (χ1n) is 5.53. The number of nitriles is 1. The number of nitrogens with zero attached hydrogens (tertiary/aromatic N) is 3. The minimum atomic E-state index is -0.321. The molecule has 2 rings (SSSR count). The van der Waals surface area contributed by atoms with Crippen LogP contribution in [0.2, 0.25) is 0 Å². The minimum absolute atomic E-state index is 0.321. The molecule has 19 heavy (non-hydrogen) atoms. The van der Waals surface area contributed by atoms with E-state index in [-0.39, 0.29) is 5.91 Å². The lowest BCUT2D eigenvalue weighted by molar-refractivity contribution is 0.0955. The number of carbonyl (C=O) groups is 1. The van der Waals surface area contributed by atoms with Crippen molar-refractivity contribution in [3.63, 3.8) is 0 Å². The number of hydrogen-bond donors (Lipinski definition) is 1. The van der Waals surface area contributed by atoms with E-state index < -0.39 is 0 Å². The van der Waals surface area contributed by atoms with Gasteiger partial charge < -0.3 is 0 Å². The molecule has 0 aliphatic carbocycles. The number of hydrazone groups is 1. The van der Waals surface area contributed by atoms with Gasteiger partial charge in [-0.15, -0.1) is 0 Å². The number of amides is 1. The summed E-state index contributed by atoms with van der Waals surface area (Å²) < 4.78 is 0. The third-order valence-electron chi connectivity index (χ3n) is 2.34. The molecule has 5 nitrogen and oxygen atoms in total. The maximum atomic E-state index is 11.6. The van der Waals surface area contributed by atoms with Crippen molar-refractivity contribution in [2.45, 2.75) is 0 Å². The first kappa shape index (κ1) is 12.5. The molecule has 2 aromatic rings. The number of benzene rings is 1. The molecule has 0 aliphatic heterocycles. The Morgan fingerprint density at radius 3 is 2.74 bits per heavy atom. The normalized spacial score (nSPS) is 10.1. The van der Waals surface area contributed by atoms with Crippen LogP contribution in [0.1, 0.15) is 21.5 Å². The van der Waals surface area contributed by atoms with Crippen LogP contribution >= 0.6 is 0 Å². The second-order valence-electron chi connectivity index (χ2n) is 3.67. The molecule has 1 aromatic carbocycles. The fourth-order valence-electron chi connectivity index (χ4n) is 1.37. The van der Waals surface area contributed by atoms with Gasteiger partial charge in [0.05, 0.1) is 23.4 Å². The summed E-state index contributed by atoms with van der Waals surface area (Å²) in [5, 5.41) is 12.5. The SMILES string of the molecule is N#Cc1ccc(C=NNC(=O)c2cccnc2)cc1. The lowest BCUT2D eigenvalue weighted by Gasteiger charge is -1.98. The third kappa shape index (κ3) is 3.48. The predicted octanol–water partition coefficient (Wildman–Crippen LogP) is 1.72. The molecule has 1 amide bonds. The van der Waals surface area contributed by atoms with Gasteiger partial charge >= 0.3 is 0 Å². The summed E-state index contributed by atoms with van der Waals surface area (Å²) >= 11 is 0. The van der Waals surface area contributed by atoms with Crippen LogP contribution in [-0.2, 0) is 0 Å². The number of rotatable bonds is 3. The molecule has 0 saturated heterocycles. The summed E-state index contributed by atoms with van der Waals surface area (Å²) in [5.74, 6) is -0.321. The number of hydrogen-bond acceptors (Lipinski definition) is 4. The highest BCUT2D eigenvalue weighted by Gasteiger charge is 2.02. The molecule has 1 N–H and O–H groups in total. The van der Waals surface area contributed by atoms with Gasteiger partial charge in [0.1, 0.15) is 0 Å². The van der Waals surface area contributed by atoms with Crippen molar-refractivity contribution in [2.75, 3.05) is 0 Å². The molecule has 0 bridgehead atoms. The monoisotopic (exact) mass is 250 g/mol. The number of pyridine rings is 1. The highest BCUT2D eigenvalue weighted by molar-refractivity contribution is 5.94. The molecule has 1 heterocycles. The molecular formula is C14H10N4O. The van der Waals surface area contributed by atoms with Crippen LogP contribution in [0.25, 0.3) is 0 Å². The molecule has 92 valence electrons. The molecule has 0 atom stereocenters. The van der Waals surface area contributed by atoms with E-state index in [0.717, 1.165) is 5.56 Å². The molecule has 0 unspecified atom stereocenters. The smallest absolute Gasteiger partial charge is 0.267 e. The van der Waals surface area contributed by atoms with E-state index in [4.69, 9.17) is 5.26 Å². The summed E-state index contributed by atoms with van der Waals surface area (Å²) in [4.78, 5) is 15.5. The van der Waals surface area contributed by atoms with Crippen molar-refractivity contribution < 1.29 is 4.79 Å². The van der Waals surface area contributed by atoms with E-state index in [1.54, 1.807) is 42.6 Å². The van der Waals surface area contributed by atoms with E-state index in [1.165, 1.54) is 12.4 Å². The van der Waals surface area contributed by atoms with E-state index in [1.807, 2.05) is 6.07 Å². The zero-order valence-electron chi connectivity index (χ0n) is 9.95. The van der Waals surface area contributed by atoms with Gasteiger partial charge in [0.25, 0.3) is 5.91 Å². The third-order valence-corrected chi connectivity index (χ3v) is 2.34. The van der Waals surface area contributed by atoms with Crippen molar-refractivity contribution >= 4 is 12.1 Å². The van der Waals surface area contributed by atoms with Crippen molar-refractivity contribution in [2.24, 2.45) is 5.10 Å². The van der Waals surface area contributed by atoms with Crippen LogP contribution < -0.4 is 5.43 Å². The number of nitrogens with one attached hydrogen (secondary N) is 1. The predicted molar refractivity (Wildman–Crippen MR) is 70.5 cm³/mol. The molecular weight excluding hydrogens is 240 g/mol. The first-order chi connectivity index (χ1) is 9.29. The lowest BCUT2D eigenvalue weighted by Crippen LogP contribution is -2.17. The largest absolute Gasteiger partial charge is 0.272 e. The maximum Gasteiger partial charge on any atom is 0.272 e. The van der Waals surface area contributed by atoms with Gasteiger partial charge in [-0.25, -0.2) is 5.43 Å². The van der Waals surface area contributed by atoms with Crippen LogP contribution in [0, 0.1) is 11.3 Å². The average Bonchev–Trinajstić information content (AvgIpc) is 2.49. The summed E-state index contributed by atoms with van der Waals surface area (Å²) in [5.41, 5.74) is 4.22. The summed E-state index contributed by atoms with van der Waals surface area (Å²) in [7, 11) is 0. The Labute approximate surface area is 110 Å². The summed E-state index contributed by atoms with van der Waals surface area (Å²) in [6.45, 7) is 0. The second kappa shape index (κ2) is 6.07. The van der Waals surface area contributed by atoms with Crippen molar-refractivity contribution in [3.8, 4) is 6.07 Å². The Bertz CT molecular complexity index is 627. The minimum Gasteiger partial charge on any atom is -0.267 e. The number of carbonyl (C=O) groups excluding carboxylic acids is 1. The van der Waals surface area contributed by atoms with Gasteiger partial charge in [-0.1, -0.05) is 12.1 Å². The van der Waals surface area contributed by atoms with Crippen molar-refractivity contribution in [1.29, 1.82) is 5.26 Å². The van der Waals surface area contributed by atoms with Gasteiger partial charge in [-0.3, -0.25) is 9.78 Å². The number of aromatic nitrogens is 1. The van der Waals surface area contributed by atoms with Gasteiger partial charge in [0.2, 0.25) is 0 Å². The highest BCUT2D eigenvalue weighted by Crippen LogP contribution is 2.00. The van der Waals surface area contributed by atoms with E-state index in [9.17, 15) is 4.79 Å². The average molecular weight is 250 g/mol. The Morgan fingerprint density at radius 1 is 1.32 bits per heavy atom. The zero-order chi connectivity index (χ0) is 13.5. The molecule has 0 radical (unpaired) electrons. The maximum absolute atomic E-state index is 11.6. The Kier molecular flexibility index (Phi) is 3.98. The van der Waals surface area contributed by atoms with Gasteiger partial charge in [0.15, 0.2) is 0 Å². The van der Waals surface area contributed by atoms with Gasteiger partial charge in [-0.05, 0) is 29.8 Å². The highest BCUT2D eigenvalue weighted by atomic mass is 16.2. The molecule has 0 aliphatic rings. The molecule has 0 fully saturated rings. The first-order valence-corrected chi connectivity index (χ1v) is 5.53. The summed E-state index contributed by atoms with van der Waals surface area (Å²) in [6.07, 6.45) is 4.57. The van der Waals surface area contributed by atoms with Crippen LogP contribution in [-0.4, -0.2) is 17.1 Å². The molecule has 0 spiro atoms. The van der Waals surface area contributed by atoms with Crippen LogP contribution in [0.3, 0.4) is 0 Å².